The highest BCUT2D eigenvalue weighted by Crippen LogP contribution is 2.43. The zero-order valence-electron chi connectivity index (χ0n) is 21.5. The van der Waals surface area contributed by atoms with Crippen LogP contribution >= 0.6 is 0 Å². The van der Waals surface area contributed by atoms with Crippen molar-refractivity contribution < 1.29 is 36.7 Å². The summed E-state index contributed by atoms with van der Waals surface area (Å²) in [5.74, 6) is -4.55. The molecule has 40 heavy (non-hydrogen) atoms. The molecule has 3 amide bonds. The van der Waals surface area contributed by atoms with Crippen LogP contribution in [0, 0.1) is 0 Å². The van der Waals surface area contributed by atoms with Gasteiger partial charge in [-0.05, 0) is 29.7 Å². The van der Waals surface area contributed by atoms with Crippen molar-refractivity contribution in [2.45, 2.75) is 31.4 Å². The van der Waals surface area contributed by atoms with Crippen molar-refractivity contribution in [2.24, 2.45) is 5.73 Å². The molecule has 0 bridgehead atoms. The third-order valence-corrected chi connectivity index (χ3v) is 6.60. The molecular weight excluding hydrogens is 530 g/mol. The van der Waals surface area contributed by atoms with Crippen LogP contribution in [0.1, 0.15) is 24.1 Å². The van der Waals surface area contributed by atoms with E-state index >= 15 is 4.39 Å². The molecule has 0 unspecified atom stereocenters. The first-order valence-corrected chi connectivity index (χ1v) is 12.4. The highest BCUT2D eigenvalue weighted by molar-refractivity contribution is 6.11. The zero-order chi connectivity index (χ0) is 29.1. The Labute approximate surface area is 228 Å². The molecule has 1 heterocycles. The van der Waals surface area contributed by atoms with Crippen molar-refractivity contribution in [2.75, 3.05) is 24.6 Å². The minimum Gasteiger partial charge on any atom is -0.375 e. The number of nitrogens with two attached hydrogens (primary N) is 1. The molecule has 4 rings (SSSR count). The minimum absolute atomic E-state index is 0.00730. The lowest BCUT2D eigenvalue weighted by atomic mass is 9.93. The van der Waals surface area contributed by atoms with Gasteiger partial charge in [0.25, 0.3) is 23.4 Å². The van der Waals surface area contributed by atoms with E-state index in [0.29, 0.717) is 23.7 Å². The van der Waals surface area contributed by atoms with E-state index in [9.17, 15) is 27.6 Å². The van der Waals surface area contributed by atoms with Crippen molar-refractivity contribution in [3.63, 3.8) is 0 Å². The molecule has 7 nitrogen and oxygen atoms in total. The smallest absolute Gasteiger partial charge is 0.375 e. The number of anilines is 1. The van der Waals surface area contributed by atoms with Crippen LogP contribution in [-0.4, -0.2) is 54.2 Å². The molecule has 0 spiro atoms. The number of carbonyl (C=O) groups is 3. The van der Waals surface area contributed by atoms with Gasteiger partial charge in [0, 0.05) is 12.1 Å². The maximum absolute atomic E-state index is 15.2. The number of para-hydroxylation sites is 1. The Morgan fingerprint density at radius 3 is 2.17 bits per heavy atom. The number of primary amides is 1. The van der Waals surface area contributed by atoms with Gasteiger partial charge in [0.15, 0.2) is 0 Å². The summed E-state index contributed by atoms with van der Waals surface area (Å²) >= 11 is 0. The third kappa shape index (κ3) is 5.99. The number of rotatable bonds is 9. The van der Waals surface area contributed by atoms with Crippen molar-refractivity contribution in [3.05, 3.63) is 90.0 Å². The first kappa shape index (κ1) is 28.8. The van der Waals surface area contributed by atoms with Crippen LogP contribution in [0.25, 0.3) is 11.1 Å². The van der Waals surface area contributed by atoms with Crippen LogP contribution in [0.15, 0.2) is 78.9 Å². The number of fused-ring (bicyclic) bond motifs is 3. The number of ether oxygens (including phenoxy) is 1. The molecule has 2 N–H and O–H groups in total. The minimum atomic E-state index is -5.03. The molecule has 0 aromatic heterocycles. The fraction of sp³-hybridized carbons (Fsp3) is 0.276. The van der Waals surface area contributed by atoms with E-state index in [4.69, 9.17) is 10.5 Å². The van der Waals surface area contributed by atoms with Crippen LogP contribution in [0.5, 0.6) is 0 Å². The average molecular weight is 558 g/mol. The molecule has 210 valence electrons. The Kier molecular flexibility index (Phi) is 8.24. The van der Waals surface area contributed by atoms with E-state index in [-0.39, 0.29) is 30.2 Å². The SMILES string of the molecule is C[C@@](F)(C(N)=O)C(=O)N(CC(F)(F)F)[C@@H]1C(=O)N(CCOCc2ccccc2)c2ccccc2-c2ccccc21. The third-order valence-electron chi connectivity index (χ3n) is 6.60. The first-order chi connectivity index (χ1) is 18.9. The molecule has 0 fully saturated rings. The predicted molar refractivity (Wildman–Crippen MR) is 140 cm³/mol. The standard InChI is InChI=1S/C29H27F4N3O4/c1-28(30,26(34)38)27(39)36(18-29(31,32)33)24-22-13-6-5-11-20(22)21-12-7-8-14-23(21)35(25(24)37)15-16-40-17-19-9-3-2-4-10-19/h2-14,24H,15-18H2,1H3,(H2,34,38)/t24-,28+/m0/s1. The Balaban J connectivity index is 1.79. The fourth-order valence-corrected chi connectivity index (χ4v) is 4.62. The van der Waals surface area contributed by atoms with Crippen LogP contribution < -0.4 is 10.6 Å². The maximum atomic E-state index is 15.2. The van der Waals surface area contributed by atoms with E-state index in [2.05, 4.69) is 0 Å². The number of halogens is 4. The second-order valence-electron chi connectivity index (χ2n) is 9.45. The van der Waals surface area contributed by atoms with Crippen molar-refractivity contribution >= 4 is 23.4 Å². The van der Waals surface area contributed by atoms with Crippen LogP contribution in [0.3, 0.4) is 0 Å². The summed E-state index contributed by atoms with van der Waals surface area (Å²) in [5, 5.41) is 0. The number of amides is 3. The molecule has 11 heteroatoms. The van der Waals surface area contributed by atoms with Gasteiger partial charge in [-0.2, -0.15) is 13.2 Å². The molecule has 0 aliphatic carbocycles. The van der Waals surface area contributed by atoms with Crippen molar-refractivity contribution in [3.8, 4) is 11.1 Å². The summed E-state index contributed by atoms with van der Waals surface area (Å²) in [6.45, 7) is -1.35. The molecule has 0 saturated heterocycles. The molecule has 3 aromatic carbocycles. The van der Waals surface area contributed by atoms with Gasteiger partial charge in [-0.1, -0.05) is 72.8 Å². The summed E-state index contributed by atoms with van der Waals surface area (Å²) in [5.41, 5.74) is 3.74. The molecular formula is C29H27F4N3O4. The predicted octanol–water partition coefficient (Wildman–Crippen LogP) is 4.56. The Morgan fingerprint density at radius 1 is 0.925 bits per heavy atom. The lowest BCUT2D eigenvalue weighted by Gasteiger charge is -2.36. The second-order valence-corrected chi connectivity index (χ2v) is 9.45. The zero-order valence-corrected chi connectivity index (χ0v) is 21.5. The Hall–Kier alpha value is -4.25. The number of hydrogen-bond donors (Lipinski definition) is 1. The van der Waals surface area contributed by atoms with Gasteiger partial charge in [-0.3, -0.25) is 14.4 Å². The van der Waals surface area contributed by atoms with Gasteiger partial charge in [0.2, 0.25) is 0 Å². The van der Waals surface area contributed by atoms with E-state index in [0.717, 1.165) is 5.56 Å². The topological polar surface area (TPSA) is 92.9 Å². The lowest BCUT2D eigenvalue weighted by molar-refractivity contribution is -0.176. The van der Waals surface area contributed by atoms with Crippen molar-refractivity contribution in [1.29, 1.82) is 0 Å². The highest BCUT2D eigenvalue weighted by atomic mass is 19.4. The Bertz CT molecular complexity index is 1400. The van der Waals surface area contributed by atoms with E-state index in [1.54, 1.807) is 36.4 Å². The number of carbonyl (C=O) groups excluding carboxylic acids is 3. The van der Waals surface area contributed by atoms with Crippen LogP contribution in [0.4, 0.5) is 23.2 Å². The van der Waals surface area contributed by atoms with Gasteiger partial charge < -0.3 is 20.3 Å². The summed E-state index contributed by atoms with van der Waals surface area (Å²) in [6.07, 6.45) is -5.03. The molecule has 2 atom stereocenters. The second kappa shape index (κ2) is 11.5. The first-order valence-electron chi connectivity index (χ1n) is 12.4. The monoisotopic (exact) mass is 557 g/mol. The van der Waals surface area contributed by atoms with Crippen LogP contribution in [0.2, 0.25) is 0 Å². The quantitative estimate of drug-likeness (QED) is 0.237. The summed E-state index contributed by atoms with van der Waals surface area (Å²) in [7, 11) is 0. The molecule has 0 saturated carbocycles. The Morgan fingerprint density at radius 2 is 1.52 bits per heavy atom. The molecule has 1 aliphatic heterocycles. The summed E-state index contributed by atoms with van der Waals surface area (Å²) in [4.78, 5) is 40.4. The summed E-state index contributed by atoms with van der Waals surface area (Å²) < 4.78 is 62.3. The fourth-order valence-electron chi connectivity index (χ4n) is 4.62. The van der Waals surface area contributed by atoms with Gasteiger partial charge >= 0.3 is 6.18 Å². The highest BCUT2D eigenvalue weighted by Gasteiger charge is 2.51. The molecule has 1 aliphatic rings. The van der Waals surface area contributed by atoms with E-state index < -0.39 is 42.2 Å². The number of benzene rings is 3. The van der Waals surface area contributed by atoms with Crippen molar-refractivity contribution in [1.82, 2.24) is 4.90 Å². The van der Waals surface area contributed by atoms with Gasteiger partial charge in [-0.15, -0.1) is 0 Å². The largest absolute Gasteiger partial charge is 0.406 e. The maximum Gasteiger partial charge on any atom is 0.406 e. The number of nitrogens with zero attached hydrogens (tertiary/aromatic N) is 2. The summed E-state index contributed by atoms with van der Waals surface area (Å²) in [6, 6.07) is 20.1. The molecule has 3 aromatic rings. The normalized spacial score (nSPS) is 16.4. The van der Waals surface area contributed by atoms with Gasteiger partial charge in [0.05, 0.1) is 18.9 Å². The average Bonchev–Trinajstić information content (AvgIpc) is 3.02. The van der Waals surface area contributed by atoms with Gasteiger partial charge in [0.1, 0.15) is 12.6 Å². The number of alkyl halides is 4. The lowest BCUT2D eigenvalue weighted by Crippen LogP contribution is -2.57. The van der Waals surface area contributed by atoms with E-state index in [1.165, 1.54) is 17.0 Å². The number of hydrogen-bond acceptors (Lipinski definition) is 4. The van der Waals surface area contributed by atoms with Crippen LogP contribution in [-0.2, 0) is 25.7 Å². The molecule has 0 radical (unpaired) electrons. The van der Waals surface area contributed by atoms with E-state index in [1.807, 2.05) is 30.3 Å². The van der Waals surface area contributed by atoms with Gasteiger partial charge in [-0.25, -0.2) is 4.39 Å².